The van der Waals surface area contributed by atoms with Gasteiger partial charge < -0.3 is 0 Å². The number of rotatable bonds is 6. The highest BCUT2D eigenvalue weighted by Gasteiger charge is 2.34. The lowest BCUT2D eigenvalue weighted by Gasteiger charge is -2.41. The Morgan fingerprint density at radius 2 is 1.75 bits per heavy atom. The van der Waals surface area contributed by atoms with Gasteiger partial charge >= 0.3 is 0 Å². The lowest BCUT2D eigenvalue weighted by Crippen LogP contribution is -2.31. The molecule has 0 fully saturated rings. The van der Waals surface area contributed by atoms with Crippen LogP contribution in [0.2, 0.25) is 0 Å². The van der Waals surface area contributed by atoms with Crippen LogP contribution in [0.5, 0.6) is 0 Å². The molecule has 2 unspecified atom stereocenters. The molecule has 0 saturated heterocycles. The van der Waals surface area contributed by atoms with Crippen LogP contribution in [0.1, 0.15) is 67.2 Å². The van der Waals surface area contributed by atoms with E-state index in [2.05, 4.69) is 59.9 Å². The van der Waals surface area contributed by atoms with Crippen LogP contribution in [0.25, 0.3) is 0 Å². The fraction of sp³-hybridized carbons (Fsp3) is 0.812. The van der Waals surface area contributed by atoms with Crippen molar-refractivity contribution >= 4 is 0 Å². The Bertz CT molecular complexity index is 237. The van der Waals surface area contributed by atoms with E-state index >= 15 is 0 Å². The van der Waals surface area contributed by atoms with Gasteiger partial charge in [0.2, 0.25) is 0 Å². The number of allylic oxidation sites excluding steroid dienone is 1. The summed E-state index contributed by atoms with van der Waals surface area (Å²) in [5.41, 5.74) is 3.77. The molecule has 94 valence electrons. The van der Waals surface area contributed by atoms with Crippen LogP contribution in [-0.2, 0) is 0 Å². The van der Waals surface area contributed by atoms with E-state index in [4.69, 9.17) is 0 Å². The van der Waals surface area contributed by atoms with E-state index in [9.17, 15) is 0 Å². The van der Waals surface area contributed by atoms with E-state index in [-0.39, 0.29) is 0 Å². The molecule has 0 heteroatoms. The van der Waals surface area contributed by atoms with Gasteiger partial charge in [0.1, 0.15) is 0 Å². The maximum atomic E-state index is 3.67. The summed E-state index contributed by atoms with van der Waals surface area (Å²) in [7, 11) is 0. The highest BCUT2D eigenvalue weighted by atomic mass is 14.4. The average molecular weight is 222 g/mol. The van der Waals surface area contributed by atoms with Crippen molar-refractivity contribution in [3.63, 3.8) is 0 Å². The van der Waals surface area contributed by atoms with Gasteiger partial charge in [0.05, 0.1) is 0 Å². The Labute approximate surface area is 103 Å². The van der Waals surface area contributed by atoms with Gasteiger partial charge in [-0.2, -0.15) is 0 Å². The smallest absolute Gasteiger partial charge is 0.0241 e. The Balaban J connectivity index is 4.81. The summed E-state index contributed by atoms with van der Waals surface area (Å²) in [5.74, 6) is 0.756. The fourth-order valence-corrected chi connectivity index (χ4v) is 2.94. The van der Waals surface area contributed by atoms with Crippen molar-refractivity contribution in [1.82, 2.24) is 0 Å². The Kier molecular flexibility index (Phi) is 6.11. The van der Waals surface area contributed by atoms with Crippen LogP contribution in [0.4, 0.5) is 0 Å². The molecule has 0 radical (unpaired) electrons. The zero-order valence-corrected chi connectivity index (χ0v) is 12.2. The summed E-state index contributed by atoms with van der Waals surface area (Å²) in [5, 5.41) is 0. The molecule has 0 aromatic rings. The van der Waals surface area contributed by atoms with Crippen molar-refractivity contribution < 1.29 is 0 Å². The van der Waals surface area contributed by atoms with E-state index in [1.807, 2.05) is 0 Å². The van der Waals surface area contributed by atoms with E-state index in [1.54, 1.807) is 0 Å². The molecule has 0 spiro atoms. The minimum Gasteiger partial charge on any atom is -0.133 e. The summed E-state index contributed by atoms with van der Waals surface area (Å²) >= 11 is 0. The number of hydrogen-bond acceptors (Lipinski definition) is 0. The fourth-order valence-electron chi connectivity index (χ4n) is 2.94. The normalized spacial score (nSPS) is 17.4. The predicted molar refractivity (Wildman–Crippen MR) is 74.6 cm³/mol. The molecule has 0 nitrogen and oxygen atoms in total. The van der Waals surface area contributed by atoms with Gasteiger partial charge in [-0.15, -0.1) is 5.73 Å². The van der Waals surface area contributed by atoms with E-state index in [1.165, 1.54) is 19.3 Å². The van der Waals surface area contributed by atoms with Crippen molar-refractivity contribution in [3.05, 3.63) is 18.4 Å². The molecule has 0 aromatic heterocycles. The van der Waals surface area contributed by atoms with Crippen molar-refractivity contribution in [2.45, 2.75) is 67.2 Å². The van der Waals surface area contributed by atoms with Crippen LogP contribution in [0, 0.1) is 16.7 Å². The van der Waals surface area contributed by atoms with E-state index < -0.39 is 0 Å². The molecule has 0 amide bonds. The van der Waals surface area contributed by atoms with Gasteiger partial charge in [-0.05, 0) is 35.7 Å². The summed E-state index contributed by atoms with van der Waals surface area (Å²) in [4.78, 5) is 0. The topological polar surface area (TPSA) is 0 Å². The molecule has 0 bridgehead atoms. The summed E-state index contributed by atoms with van der Waals surface area (Å²) < 4.78 is 0. The zero-order chi connectivity index (χ0) is 12.8. The van der Waals surface area contributed by atoms with Crippen LogP contribution >= 0.6 is 0 Å². The average Bonchev–Trinajstić information content (AvgIpc) is 2.16. The third-order valence-corrected chi connectivity index (χ3v) is 3.77. The highest BCUT2D eigenvalue weighted by Crippen LogP contribution is 2.44. The molecule has 0 N–H and O–H groups in total. The molecule has 0 rings (SSSR count). The first kappa shape index (κ1) is 15.5. The monoisotopic (exact) mass is 222 g/mol. The molecular weight excluding hydrogens is 192 g/mol. The second kappa shape index (κ2) is 6.30. The Morgan fingerprint density at radius 3 is 2.06 bits per heavy atom. The Morgan fingerprint density at radius 1 is 1.19 bits per heavy atom. The predicted octanol–water partition coefficient (Wildman–Crippen LogP) is 5.60. The molecule has 0 aliphatic heterocycles. The zero-order valence-electron chi connectivity index (χ0n) is 12.2. The minimum atomic E-state index is 0.413. The lowest BCUT2D eigenvalue weighted by molar-refractivity contribution is 0.101. The van der Waals surface area contributed by atoms with Crippen LogP contribution in [-0.4, -0.2) is 0 Å². The first-order valence-corrected chi connectivity index (χ1v) is 6.63. The van der Waals surface area contributed by atoms with Crippen molar-refractivity contribution in [2.24, 2.45) is 16.7 Å². The van der Waals surface area contributed by atoms with Crippen LogP contribution < -0.4 is 0 Å². The molecule has 0 aliphatic rings. The quantitative estimate of drug-likeness (QED) is 0.513. The molecule has 0 aromatic carbocycles. The van der Waals surface area contributed by atoms with Crippen molar-refractivity contribution in [1.29, 1.82) is 0 Å². The molecular formula is C16H30. The molecule has 16 heavy (non-hydrogen) atoms. The highest BCUT2D eigenvalue weighted by molar-refractivity contribution is 4.90. The van der Waals surface area contributed by atoms with Crippen LogP contribution in [0.3, 0.4) is 0 Å². The van der Waals surface area contributed by atoms with Crippen molar-refractivity contribution in [3.8, 4) is 0 Å². The van der Waals surface area contributed by atoms with Crippen molar-refractivity contribution in [2.75, 3.05) is 0 Å². The second-order valence-corrected chi connectivity index (χ2v) is 6.49. The standard InChI is InChI=1S/C16H30/c1-8-11-12-14(9-2)16(7,10-3)13-15(4,5)6/h11,14H,1,9-10,12-13H2,2-7H3. The summed E-state index contributed by atoms with van der Waals surface area (Å²) in [6.45, 7) is 17.8. The summed E-state index contributed by atoms with van der Waals surface area (Å²) in [6.07, 6.45) is 7.03. The maximum absolute atomic E-state index is 3.67. The van der Waals surface area contributed by atoms with E-state index in [0.29, 0.717) is 10.8 Å². The van der Waals surface area contributed by atoms with Gasteiger partial charge in [0.25, 0.3) is 0 Å². The Hall–Kier alpha value is -0.480. The minimum absolute atomic E-state index is 0.413. The van der Waals surface area contributed by atoms with Gasteiger partial charge in [0, 0.05) is 0 Å². The SMILES string of the molecule is C=C=CCC(CC)C(C)(CC)CC(C)(C)C. The van der Waals surface area contributed by atoms with Gasteiger partial charge in [-0.25, -0.2) is 0 Å². The summed E-state index contributed by atoms with van der Waals surface area (Å²) in [6, 6.07) is 0. The maximum Gasteiger partial charge on any atom is -0.0241 e. The largest absolute Gasteiger partial charge is 0.133 e. The first-order chi connectivity index (χ1) is 7.29. The molecule has 2 atom stereocenters. The van der Waals surface area contributed by atoms with Gasteiger partial charge in [-0.3, -0.25) is 0 Å². The molecule has 0 aliphatic carbocycles. The number of hydrogen-bond donors (Lipinski definition) is 0. The van der Waals surface area contributed by atoms with Gasteiger partial charge in [0.15, 0.2) is 0 Å². The first-order valence-electron chi connectivity index (χ1n) is 6.63. The second-order valence-electron chi connectivity index (χ2n) is 6.49. The molecule has 0 heterocycles. The van der Waals surface area contributed by atoms with Crippen LogP contribution in [0.15, 0.2) is 18.4 Å². The third kappa shape index (κ3) is 5.03. The van der Waals surface area contributed by atoms with E-state index in [0.717, 1.165) is 12.3 Å². The van der Waals surface area contributed by atoms with Gasteiger partial charge in [-0.1, -0.05) is 61.0 Å². The molecule has 0 saturated carbocycles. The third-order valence-electron chi connectivity index (χ3n) is 3.77. The lowest BCUT2D eigenvalue weighted by atomic mass is 9.64.